The molecule has 1 aliphatic carbocycles. The molecule has 2 aromatic heterocycles. The standard InChI is InChI=1S/C22H21N3O3.CH4/c26-20-5-4-15-8-14(11-23-22(15)24-20)3-6-21(27)25-12-17-9-16(10-18(17)13-25)19-2-1-7-28-19;/h1-3,6-9,11,17-18H,4-5,10,12-13H2,(H,23,24,26);1H4/b6-3+;. The largest absolute Gasteiger partial charge is 0.465 e. The normalized spacial score (nSPS) is 22.7. The van der Waals surface area contributed by atoms with E-state index in [4.69, 9.17) is 4.42 Å². The Labute approximate surface area is 170 Å². The molecule has 0 bridgehead atoms. The minimum absolute atomic E-state index is 0. The minimum Gasteiger partial charge on any atom is -0.465 e. The van der Waals surface area contributed by atoms with Crippen LogP contribution in [0.4, 0.5) is 5.82 Å². The third-order valence-corrected chi connectivity index (χ3v) is 5.82. The van der Waals surface area contributed by atoms with Crippen LogP contribution in [0.5, 0.6) is 0 Å². The highest BCUT2D eigenvalue weighted by Gasteiger charge is 2.38. The second-order valence-corrected chi connectivity index (χ2v) is 7.70. The molecule has 0 saturated carbocycles. The number of nitrogens with zero attached hydrogens (tertiary/aromatic N) is 2. The molecule has 2 aromatic rings. The van der Waals surface area contributed by atoms with Gasteiger partial charge in [0.05, 0.1) is 6.26 Å². The van der Waals surface area contributed by atoms with Gasteiger partial charge in [0.2, 0.25) is 11.8 Å². The van der Waals surface area contributed by atoms with Gasteiger partial charge in [0.15, 0.2) is 0 Å². The molecule has 3 aliphatic rings. The molecule has 2 unspecified atom stereocenters. The van der Waals surface area contributed by atoms with Crippen LogP contribution in [0.25, 0.3) is 11.6 Å². The van der Waals surface area contributed by atoms with Crippen molar-refractivity contribution in [3.05, 3.63) is 59.7 Å². The molecule has 29 heavy (non-hydrogen) atoms. The van der Waals surface area contributed by atoms with Crippen LogP contribution in [0.3, 0.4) is 0 Å². The second-order valence-electron chi connectivity index (χ2n) is 7.70. The summed E-state index contributed by atoms with van der Waals surface area (Å²) in [4.78, 5) is 30.3. The summed E-state index contributed by atoms with van der Waals surface area (Å²) < 4.78 is 5.50. The Hall–Kier alpha value is -3.15. The predicted octanol–water partition coefficient (Wildman–Crippen LogP) is 3.77. The zero-order chi connectivity index (χ0) is 19.1. The van der Waals surface area contributed by atoms with Gasteiger partial charge >= 0.3 is 0 Å². The Balaban J connectivity index is 0.00000205. The lowest BCUT2D eigenvalue weighted by Crippen LogP contribution is -2.27. The monoisotopic (exact) mass is 391 g/mol. The fourth-order valence-corrected chi connectivity index (χ4v) is 4.37. The number of carbonyl (C=O) groups excluding carboxylic acids is 2. The number of fused-ring (bicyclic) bond motifs is 2. The van der Waals surface area contributed by atoms with Gasteiger partial charge in [-0.2, -0.15) is 0 Å². The van der Waals surface area contributed by atoms with Gasteiger partial charge < -0.3 is 14.6 Å². The average molecular weight is 391 g/mol. The van der Waals surface area contributed by atoms with Crippen molar-refractivity contribution in [3.63, 3.8) is 0 Å². The first-order chi connectivity index (χ1) is 13.7. The van der Waals surface area contributed by atoms with Crippen LogP contribution in [-0.2, 0) is 16.0 Å². The van der Waals surface area contributed by atoms with Crippen molar-refractivity contribution in [2.75, 3.05) is 18.4 Å². The summed E-state index contributed by atoms with van der Waals surface area (Å²) in [6.45, 7) is 1.54. The maximum Gasteiger partial charge on any atom is 0.246 e. The van der Waals surface area contributed by atoms with Crippen LogP contribution in [0.1, 0.15) is 37.2 Å². The topological polar surface area (TPSA) is 75.4 Å². The van der Waals surface area contributed by atoms with Crippen LogP contribution in [0, 0.1) is 11.8 Å². The number of hydrogen-bond acceptors (Lipinski definition) is 4. The molecule has 4 heterocycles. The first kappa shape index (κ1) is 19.2. The number of pyridine rings is 1. The van der Waals surface area contributed by atoms with E-state index in [0.29, 0.717) is 30.5 Å². The number of aromatic nitrogens is 1. The molecular formula is C23H25N3O3. The van der Waals surface area contributed by atoms with Crippen LogP contribution in [-0.4, -0.2) is 34.8 Å². The highest BCUT2D eigenvalue weighted by molar-refractivity contribution is 5.94. The van der Waals surface area contributed by atoms with Crippen molar-refractivity contribution in [1.82, 2.24) is 9.88 Å². The Kier molecular flexibility index (Phi) is 5.09. The maximum absolute atomic E-state index is 12.6. The van der Waals surface area contributed by atoms with Crippen LogP contribution in [0.2, 0.25) is 0 Å². The smallest absolute Gasteiger partial charge is 0.246 e. The van der Waals surface area contributed by atoms with Crippen LogP contribution in [0.15, 0.2) is 47.2 Å². The molecule has 6 heteroatoms. The summed E-state index contributed by atoms with van der Waals surface area (Å²) in [5.41, 5.74) is 3.15. The van der Waals surface area contributed by atoms with E-state index in [0.717, 1.165) is 36.4 Å². The lowest BCUT2D eigenvalue weighted by Gasteiger charge is -2.16. The highest BCUT2D eigenvalue weighted by atomic mass is 16.3. The first-order valence-electron chi connectivity index (χ1n) is 9.66. The summed E-state index contributed by atoms with van der Waals surface area (Å²) in [6.07, 6.45) is 11.2. The van der Waals surface area contributed by atoms with Gasteiger partial charge in [-0.1, -0.05) is 13.5 Å². The number of amides is 2. The number of furan rings is 1. The molecule has 1 fully saturated rings. The highest BCUT2D eigenvalue weighted by Crippen LogP contribution is 2.41. The first-order valence-corrected chi connectivity index (χ1v) is 9.66. The summed E-state index contributed by atoms with van der Waals surface area (Å²) >= 11 is 0. The SMILES string of the molecule is C.O=C1CCc2cc(/C=C/C(=O)N3CC4C=C(c5ccco5)CC4C3)cnc2N1. The number of allylic oxidation sites excluding steroid dienone is 1. The Morgan fingerprint density at radius 2 is 2.21 bits per heavy atom. The van der Waals surface area contributed by atoms with Gasteiger partial charge in [0, 0.05) is 31.8 Å². The molecule has 0 radical (unpaired) electrons. The van der Waals surface area contributed by atoms with Gasteiger partial charge in [-0.15, -0.1) is 0 Å². The summed E-state index contributed by atoms with van der Waals surface area (Å²) in [5.74, 6) is 2.50. The molecule has 6 nitrogen and oxygen atoms in total. The Morgan fingerprint density at radius 1 is 1.31 bits per heavy atom. The van der Waals surface area contributed by atoms with E-state index in [1.807, 2.05) is 29.2 Å². The molecule has 1 N–H and O–H groups in total. The third-order valence-electron chi connectivity index (χ3n) is 5.82. The van der Waals surface area contributed by atoms with Crippen LogP contribution < -0.4 is 5.32 Å². The van der Waals surface area contributed by atoms with E-state index in [-0.39, 0.29) is 19.2 Å². The molecule has 0 spiro atoms. The quantitative estimate of drug-likeness (QED) is 0.808. The molecule has 150 valence electrons. The van der Waals surface area contributed by atoms with Gasteiger partial charge in [-0.25, -0.2) is 4.98 Å². The van der Waals surface area contributed by atoms with E-state index in [1.54, 1.807) is 18.5 Å². The van der Waals surface area contributed by atoms with Crippen molar-refractivity contribution in [2.45, 2.75) is 26.7 Å². The number of anilines is 1. The number of hydrogen-bond donors (Lipinski definition) is 1. The second kappa shape index (κ2) is 7.70. The molecule has 5 rings (SSSR count). The number of aryl methyl sites for hydroxylation is 1. The zero-order valence-corrected chi connectivity index (χ0v) is 15.4. The lowest BCUT2D eigenvalue weighted by molar-refractivity contribution is -0.125. The van der Waals surface area contributed by atoms with Gasteiger partial charge in [-0.3, -0.25) is 9.59 Å². The van der Waals surface area contributed by atoms with E-state index in [2.05, 4.69) is 16.4 Å². The van der Waals surface area contributed by atoms with Gasteiger partial charge in [-0.05, 0) is 65.7 Å². The van der Waals surface area contributed by atoms with Crippen molar-refractivity contribution in [2.24, 2.45) is 11.8 Å². The average Bonchev–Trinajstić information content (AvgIpc) is 3.41. The molecular weight excluding hydrogens is 366 g/mol. The summed E-state index contributed by atoms with van der Waals surface area (Å²) in [7, 11) is 0. The maximum atomic E-state index is 12.6. The molecule has 0 aromatic carbocycles. The van der Waals surface area contributed by atoms with Crippen molar-refractivity contribution in [3.8, 4) is 0 Å². The zero-order valence-electron chi connectivity index (χ0n) is 15.4. The molecule has 2 aliphatic heterocycles. The number of likely N-dealkylation sites (tertiary alicyclic amines) is 1. The van der Waals surface area contributed by atoms with Crippen molar-refractivity contribution < 1.29 is 14.0 Å². The number of rotatable bonds is 3. The lowest BCUT2D eigenvalue weighted by atomic mass is 9.99. The van der Waals surface area contributed by atoms with Crippen molar-refractivity contribution in [1.29, 1.82) is 0 Å². The fraction of sp³-hybridized carbons (Fsp3) is 0.348. The van der Waals surface area contributed by atoms with Gasteiger partial charge in [0.1, 0.15) is 11.6 Å². The molecule has 1 saturated heterocycles. The molecule has 2 atom stereocenters. The molecule has 2 amide bonds. The Morgan fingerprint density at radius 3 is 3.00 bits per heavy atom. The van der Waals surface area contributed by atoms with Gasteiger partial charge in [0.25, 0.3) is 0 Å². The third kappa shape index (κ3) is 3.75. The van der Waals surface area contributed by atoms with E-state index < -0.39 is 0 Å². The van der Waals surface area contributed by atoms with Crippen molar-refractivity contribution >= 4 is 29.3 Å². The Bertz CT molecular complexity index is 991. The minimum atomic E-state index is 0. The summed E-state index contributed by atoms with van der Waals surface area (Å²) in [5, 5.41) is 2.77. The van der Waals surface area contributed by atoms with E-state index >= 15 is 0 Å². The fourth-order valence-electron chi connectivity index (χ4n) is 4.37. The predicted molar refractivity (Wildman–Crippen MR) is 112 cm³/mol. The summed E-state index contributed by atoms with van der Waals surface area (Å²) in [6, 6.07) is 5.90. The number of nitrogens with one attached hydrogen (secondary N) is 1. The number of carbonyl (C=O) groups is 2. The van der Waals surface area contributed by atoms with Crippen LogP contribution >= 0.6 is 0 Å². The van der Waals surface area contributed by atoms with E-state index in [1.165, 1.54) is 5.57 Å². The van der Waals surface area contributed by atoms with E-state index in [9.17, 15) is 9.59 Å².